The average molecular weight is 374 g/mol. The Morgan fingerprint density at radius 1 is 1.37 bits per heavy atom. The quantitative estimate of drug-likeness (QED) is 0.695. The molecule has 0 aliphatic heterocycles. The number of esters is 1. The van der Waals surface area contributed by atoms with E-state index < -0.39 is 6.10 Å². The van der Waals surface area contributed by atoms with E-state index in [1.807, 2.05) is 36.7 Å². The maximum atomic E-state index is 12.4. The minimum absolute atomic E-state index is 0.214. The topological polar surface area (TPSA) is 72.7 Å². The molecule has 0 amide bonds. The number of rotatable bonds is 8. The minimum Gasteiger partial charge on any atom is -0.491 e. The van der Waals surface area contributed by atoms with Crippen LogP contribution < -0.4 is 10.1 Å². The molecule has 1 saturated carbocycles. The van der Waals surface area contributed by atoms with E-state index in [0.717, 1.165) is 16.6 Å². The summed E-state index contributed by atoms with van der Waals surface area (Å²) in [4.78, 5) is 12.4. The van der Waals surface area contributed by atoms with Crippen LogP contribution in [0.1, 0.15) is 48.7 Å². The van der Waals surface area contributed by atoms with Gasteiger partial charge in [0, 0.05) is 36.2 Å². The number of aliphatic hydroxyl groups is 1. The Hall–Kier alpha value is -2.05. The third-order valence-electron chi connectivity index (χ3n) is 5.38. The lowest BCUT2D eigenvalue weighted by Crippen LogP contribution is -2.36. The van der Waals surface area contributed by atoms with Gasteiger partial charge in [-0.05, 0) is 44.9 Å². The largest absolute Gasteiger partial charge is 0.491 e. The summed E-state index contributed by atoms with van der Waals surface area (Å²) in [5, 5.41) is 14.4. The van der Waals surface area contributed by atoms with E-state index in [1.165, 1.54) is 25.7 Å². The molecule has 148 valence electrons. The molecule has 1 aliphatic rings. The minimum atomic E-state index is -0.566. The Bertz CT molecular complexity index is 793. The van der Waals surface area contributed by atoms with Crippen LogP contribution in [0.3, 0.4) is 0 Å². The molecule has 0 radical (unpaired) electrons. The molecule has 6 heteroatoms. The van der Waals surface area contributed by atoms with Gasteiger partial charge in [0.05, 0.1) is 12.2 Å². The third kappa shape index (κ3) is 4.45. The first-order valence-corrected chi connectivity index (χ1v) is 9.81. The lowest BCUT2D eigenvalue weighted by molar-refractivity contribution is 0.0527. The van der Waals surface area contributed by atoms with Crippen LogP contribution in [0, 0.1) is 6.92 Å². The fourth-order valence-corrected chi connectivity index (χ4v) is 3.79. The Labute approximate surface area is 160 Å². The molecule has 2 N–H and O–H groups in total. The molecule has 0 bridgehead atoms. The van der Waals surface area contributed by atoms with Gasteiger partial charge in [-0.2, -0.15) is 0 Å². The van der Waals surface area contributed by atoms with Crippen LogP contribution in [-0.2, 0) is 11.8 Å². The van der Waals surface area contributed by atoms with Gasteiger partial charge >= 0.3 is 5.97 Å². The number of carbonyl (C=O) groups excluding carboxylic acids is 1. The molecular weight excluding hydrogens is 344 g/mol. The zero-order chi connectivity index (χ0) is 19.4. The highest BCUT2D eigenvalue weighted by Gasteiger charge is 2.20. The molecule has 1 atom stereocenters. The molecule has 2 aromatic rings. The summed E-state index contributed by atoms with van der Waals surface area (Å²) in [6, 6.07) is 6.18. The van der Waals surface area contributed by atoms with Crippen molar-refractivity contribution in [3.05, 3.63) is 29.5 Å². The first-order chi connectivity index (χ1) is 13.0. The van der Waals surface area contributed by atoms with E-state index >= 15 is 0 Å². The number of fused-ring (bicyclic) bond motifs is 1. The van der Waals surface area contributed by atoms with Crippen molar-refractivity contribution >= 4 is 16.9 Å². The lowest BCUT2D eigenvalue weighted by atomic mass is 10.1. The maximum absolute atomic E-state index is 12.4. The monoisotopic (exact) mass is 374 g/mol. The van der Waals surface area contributed by atoms with Gasteiger partial charge in [0.2, 0.25) is 0 Å². The van der Waals surface area contributed by atoms with Gasteiger partial charge in [0.15, 0.2) is 0 Å². The number of hydrogen-bond donors (Lipinski definition) is 2. The molecule has 0 spiro atoms. The van der Waals surface area contributed by atoms with Gasteiger partial charge in [-0.25, -0.2) is 4.79 Å². The lowest BCUT2D eigenvalue weighted by Gasteiger charge is -2.16. The van der Waals surface area contributed by atoms with Crippen LogP contribution in [-0.4, -0.2) is 47.5 Å². The molecule has 0 saturated heterocycles. The van der Waals surface area contributed by atoms with Crippen LogP contribution in [0.25, 0.3) is 10.9 Å². The first-order valence-electron chi connectivity index (χ1n) is 9.81. The number of ether oxygens (including phenoxy) is 2. The van der Waals surface area contributed by atoms with Crippen molar-refractivity contribution in [1.29, 1.82) is 0 Å². The number of hydrogen-bond acceptors (Lipinski definition) is 5. The molecule has 0 unspecified atom stereocenters. The van der Waals surface area contributed by atoms with Gasteiger partial charge < -0.3 is 24.5 Å². The molecule has 1 aromatic heterocycles. The number of benzene rings is 1. The fraction of sp³-hybridized carbons (Fsp3) is 0.571. The molecule has 1 aliphatic carbocycles. The molecule has 1 heterocycles. The molecule has 1 aromatic carbocycles. The van der Waals surface area contributed by atoms with Crippen LogP contribution in [0.4, 0.5) is 0 Å². The highest BCUT2D eigenvalue weighted by Crippen LogP contribution is 2.29. The summed E-state index contributed by atoms with van der Waals surface area (Å²) in [6.07, 6.45) is 4.35. The summed E-state index contributed by atoms with van der Waals surface area (Å²) < 4.78 is 13.0. The number of nitrogens with zero attached hydrogens (tertiary/aromatic N) is 1. The predicted molar refractivity (Wildman–Crippen MR) is 105 cm³/mol. The predicted octanol–water partition coefficient (Wildman–Crippen LogP) is 2.94. The molecule has 3 rings (SSSR count). The van der Waals surface area contributed by atoms with Crippen molar-refractivity contribution in [3.63, 3.8) is 0 Å². The molecular formula is C21H30N2O4. The maximum Gasteiger partial charge on any atom is 0.340 e. The second-order valence-electron chi connectivity index (χ2n) is 7.27. The van der Waals surface area contributed by atoms with Crippen molar-refractivity contribution in [1.82, 2.24) is 9.88 Å². The van der Waals surface area contributed by atoms with E-state index in [1.54, 1.807) is 6.92 Å². The van der Waals surface area contributed by atoms with Crippen molar-refractivity contribution in [3.8, 4) is 5.75 Å². The number of nitrogens with one attached hydrogen (secondary N) is 1. The smallest absolute Gasteiger partial charge is 0.340 e. The fourth-order valence-electron chi connectivity index (χ4n) is 3.79. The summed E-state index contributed by atoms with van der Waals surface area (Å²) in [5.74, 6) is 0.317. The summed E-state index contributed by atoms with van der Waals surface area (Å²) in [5.41, 5.74) is 2.39. The SMILES string of the molecule is CCOC(=O)c1c(C)n(C)c2ccc(OC[C@@H](O)CNC3CCCC3)cc12. The van der Waals surface area contributed by atoms with Crippen LogP contribution in [0.2, 0.25) is 0 Å². The number of aryl methyl sites for hydroxylation is 1. The van der Waals surface area contributed by atoms with Crippen LogP contribution in [0.15, 0.2) is 18.2 Å². The second-order valence-corrected chi connectivity index (χ2v) is 7.27. The normalized spacial score (nSPS) is 16.0. The molecule has 27 heavy (non-hydrogen) atoms. The first kappa shape index (κ1) is 19.7. The zero-order valence-corrected chi connectivity index (χ0v) is 16.5. The van der Waals surface area contributed by atoms with Crippen LogP contribution in [0.5, 0.6) is 5.75 Å². The summed E-state index contributed by atoms with van der Waals surface area (Å²) >= 11 is 0. The van der Waals surface area contributed by atoms with E-state index in [9.17, 15) is 9.90 Å². The number of aromatic nitrogens is 1. The van der Waals surface area contributed by atoms with Gasteiger partial charge in [-0.15, -0.1) is 0 Å². The molecule has 6 nitrogen and oxygen atoms in total. The molecule has 1 fully saturated rings. The summed E-state index contributed by atoms with van der Waals surface area (Å²) in [7, 11) is 1.93. The van der Waals surface area contributed by atoms with Gasteiger partial charge in [-0.3, -0.25) is 0 Å². The van der Waals surface area contributed by atoms with Crippen molar-refractivity contribution in [2.24, 2.45) is 7.05 Å². The van der Waals surface area contributed by atoms with Crippen molar-refractivity contribution < 1.29 is 19.4 Å². The van der Waals surface area contributed by atoms with Gasteiger partial charge in [-0.1, -0.05) is 12.8 Å². The van der Waals surface area contributed by atoms with Crippen molar-refractivity contribution in [2.75, 3.05) is 19.8 Å². The van der Waals surface area contributed by atoms with Gasteiger partial charge in [0.25, 0.3) is 0 Å². The highest BCUT2D eigenvalue weighted by atomic mass is 16.5. The number of carbonyl (C=O) groups is 1. The van der Waals surface area contributed by atoms with Crippen LogP contribution >= 0.6 is 0 Å². The Balaban J connectivity index is 1.68. The Kier molecular flexibility index (Phi) is 6.39. The Morgan fingerprint density at radius 2 is 2.11 bits per heavy atom. The van der Waals surface area contributed by atoms with E-state index in [0.29, 0.717) is 30.5 Å². The zero-order valence-electron chi connectivity index (χ0n) is 16.5. The summed E-state index contributed by atoms with van der Waals surface area (Å²) in [6.45, 7) is 4.79. The average Bonchev–Trinajstić information content (AvgIpc) is 3.26. The third-order valence-corrected chi connectivity index (χ3v) is 5.38. The highest BCUT2D eigenvalue weighted by molar-refractivity contribution is 6.06. The van der Waals surface area contributed by atoms with Gasteiger partial charge in [0.1, 0.15) is 18.5 Å². The van der Waals surface area contributed by atoms with E-state index in [-0.39, 0.29) is 12.6 Å². The Morgan fingerprint density at radius 3 is 2.81 bits per heavy atom. The van der Waals surface area contributed by atoms with Crippen molar-refractivity contribution in [2.45, 2.75) is 51.7 Å². The standard InChI is InChI=1S/C21H30N2O4/c1-4-26-21(25)20-14(2)23(3)19-10-9-17(11-18(19)20)27-13-16(24)12-22-15-7-5-6-8-15/h9-11,15-16,22,24H,4-8,12-13H2,1-3H3/t16-/m0/s1. The van der Waals surface area contributed by atoms with E-state index in [4.69, 9.17) is 9.47 Å². The number of aliphatic hydroxyl groups excluding tert-OH is 1. The second kappa shape index (κ2) is 8.76. The van der Waals surface area contributed by atoms with E-state index in [2.05, 4.69) is 5.32 Å².